The molecule has 1 aliphatic rings. The number of nitrogens with one attached hydrogen (secondary N) is 1. The Hall–Kier alpha value is -1.17. The molecule has 0 radical (unpaired) electrons. The van der Waals surface area contributed by atoms with Crippen molar-refractivity contribution in [1.29, 1.82) is 0 Å². The standard InChI is InChI=1S/C14H20FNO3/c1-14(17,8-10-9-19-6-5-16-10)12-4-3-11(18-2)7-13(12)15/h3-4,7,10,16-17H,5-6,8-9H2,1-2H3. The number of halogens is 1. The second kappa shape index (κ2) is 5.86. The summed E-state index contributed by atoms with van der Waals surface area (Å²) in [7, 11) is 1.48. The molecular formula is C14H20FNO3. The molecule has 0 amide bonds. The van der Waals surface area contributed by atoms with E-state index < -0.39 is 11.4 Å². The van der Waals surface area contributed by atoms with Crippen LogP contribution in [-0.2, 0) is 10.3 Å². The first kappa shape index (κ1) is 14.2. The molecule has 1 heterocycles. The van der Waals surface area contributed by atoms with E-state index in [1.807, 2.05) is 0 Å². The van der Waals surface area contributed by atoms with Gasteiger partial charge in [-0.15, -0.1) is 0 Å². The van der Waals surface area contributed by atoms with Crippen LogP contribution in [0.4, 0.5) is 4.39 Å². The lowest BCUT2D eigenvalue weighted by molar-refractivity contribution is 0.00108. The van der Waals surface area contributed by atoms with Gasteiger partial charge < -0.3 is 19.9 Å². The highest BCUT2D eigenvalue weighted by Crippen LogP contribution is 2.30. The first-order chi connectivity index (χ1) is 9.03. The Balaban J connectivity index is 2.13. The maximum Gasteiger partial charge on any atom is 0.132 e. The minimum atomic E-state index is -1.24. The van der Waals surface area contributed by atoms with Gasteiger partial charge >= 0.3 is 0 Å². The predicted octanol–water partition coefficient (Wildman–Crippen LogP) is 1.42. The lowest BCUT2D eigenvalue weighted by Crippen LogP contribution is -2.45. The fourth-order valence-corrected chi connectivity index (χ4v) is 2.40. The molecule has 5 heteroatoms. The van der Waals surface area contributed by atoms with Gasteiger partial charge in [0.1, 0.15) is 11.6 Å². The van der Waals surface area contributed by atoms with E-state index in [0.29, 0.717) is 25.4 Å². The minimum absolute atomic E-state index is 0.0326. The van der Waals surface area contributed by atoms with Gasteiger partial charge in [-0.3, -0.25) is 0 Å². The summed E-state index contributed by atoms with van der Waals surface area (Å²) >= 11 is 0. The lowest BCUT2D eigenvalue weighted by Gasteiger charge is -2.32. The zero-order valence-corrected chi connectivity index (χ0v) is 11.3. The van der Waals surface area contributed by atoms with E-state index in [4.69, 9.17) is 9.47 Å². The number of aliphatic hydroxyl groups is 1. The average molecular weight is 269 g/mol. The van der Waals surface area contributed by atoms with E-state index in [2.05, 4.69) is 5.32 Å². The van der Waals surface area contributed by atoms with Crippen molar-refractivity contribution in [3.8, 4) is 5.75 Å². The fourth-order valence-electron chi connectivity index (χ4n) is 2.40. The Morgan fingerprint density at radius 1 is 1.58 bits per heavy atom. The molecule has 4 nitrogen and oxygen atoms in total. The van der Waals surface area contributed by atoms with Crippen molar-refractivity contribution in [2.45, 2.75) is 25.0 Å². The molecule has 2 N–H and O–H groups in total. The quantitative estimate of drug-likeness (QED) is 0.868. The van der Waals surface area contributed by atoms with Crippen LogP contribution in [0, 0.1) is 5.82 Å². The van der Waals surface area contributed by atoms with Gasteiger partial charge in [0, 0.05) is 24.2 Å². The third-order valence-electron chi connectivity index (χ3n) is 3.40. The summed E-state index contributed by atoms with van der Waals surface area (Å²) in [6.07, 6.45) is 0.399. The van der Waals surface area contributed by atoms with Gasteiger partial charge in [-0.2, -0.15) is 0 Å². The molecule has 0 bridgehead atoms. The molecule has 1 aliphatic heterocycles. The summed E-state index contributed by atoms with van der Waals surface area (Å²) in [4.78, 5) is 0. The smallest absolute Gasteiger partial charge is 0.132 e. The summed E-state index contributed by atoms with van der Waals surface area (Å²) < 4.78 is 24.3. The van der Waals surface area contributed by atoms with Crippen LogP contribution in [0.5, 0.6) is 5.75 Å². The zero-order chi connectivity index (χ0) is 13.9. The minimum Gasteiger partial charge on any atom is -0.497 e. The van der Waals surface area contributed by atoms with Crippen molar-refractivity contribution >= 4 is 0 Å². The zero-order valence-electron chi connectivity index (χ0n) is 11.3. The molecule has 0 spiro atoms. The van der Waals surface area contributed by atoms with Crippen molar-refractivity contribution in [2.24, 2.45) is 0 Å². The van der Waals surface area contributed by atoms with Gasteiger partial charge in [0.25, 0.3) is 0 Å². The van der Waals surface area contributed by atoms with Crippen LogP contribution in [0.15, 0.2) is 18.2 Å². The Bertz CT molecular complexity index is 431. The Labute approximate surface area is 112 Å². The highest BCUT2D eigenvalue weighted by Gasteiger charge is 2.31. The molecule has 1 saturated heterocycles. The molecule has 1 aromatic rings. The molecule has 2 unspecified atom stereocenters. The van der Waals surface area contributed by atoms with Crippen LogP contribution < -0.4 is 10.1 Å². The third kappa shape index (κ3) is 3.43. The normalized spacial score (nSPS) is 22.8. The van der Waals surface area contributed by atoms with E-state index in [1.165, 1.54) is 13.2 Å². The number of hydrogen-bond acceptors (Lipinski definition) is 4. The van der Waals surface area contributed by atoms with Crippen molar-refractivity contribution in [2.75, 3.05) is 26.9 Å². The van der Waals surface area contributed by atoms with Crippen LogP contribution in [-0.4, -0.2) is 38.0 Å². The Morgan fingerprint density at radius 3 is 2.95 bits per heavy atom. The molecule has 1 fully saturated rings. The Kier molecular flexibility index (Phi) is 4.39. The van der Waals surface area contributed by atoms with Gasteiger partial charge in [-0.05, 0) is 25.5 Å². The molecule has 2 rings (SSSR count). The third-order valence-corrected chi connectivity index (χ3v) is 3.40. The maximum absolute atomic E-state index is 14.0. The highest BCUT2D eigenvalue weighted by molar-refractivity contribution is 5.32. The van der Waals surface area contributed by atoms with Gasteiger partial charge in [0.2, 0.25) is 0 Å². The summed E-state index contributed by atoms with van der Waals surface area (Å²) in [6, 6.07) is 4.54. The first-order valence-corrected chi connectivity index (χ1v) is 6.40. The van der Waals surface area contributed by atoms with Crippen molar-refractivity contribution in [1.82, 2.24) is 5.32 Å². The van der Waals surface area contributed by atoms with E-state index in [0.717, 1.165) is 6.54 Å². The summed E-state index contributed by atoms with van der Waals surface area (Å²) in [5.74, 6) is -0.0164. The molecule has 0 aromatic heterocycles. The SMILES string of the molecule is COc1ccc(C(C)(O)CC2COCCN2)c(F)c1. The van der Waals surface area contributed by atoms with Crippen LogP contribution in [0.3, 0.4) is 0 Å². The number of morpholine rings is 1. The molecule has 106 valence electrons. The average Bonchev–Trinajstić information content (AvgIpc) is 2.38. The van der Waals surface area contributed by atoms with E-state index >= 15 is 0 Å². The van der Waals surface area contributed by atoms with Gasteiger partial charge in [-0.25, -0.2) is 4.39 Å². The first-order valence-electron chi connectivity index (χ1n) is 6.40. The highest BCUT2D eigenvalue weighted by atomic mass is 19.1. The summed E-state index contributed by atoms with van der Waals surface area (Å²) in [5, 5.41) is 13.8. The van der Waals surface area contributed by atoms with Gasteiger partial charge in [0.05, 0.1) is 25.9 Å². The second-order valence-corrected chi connectivity index (χ2v) is 5.05. The largest absolute Gasteiger partial charge is 0.497 e. The lowest BCUT2D eigenvalue weighted by atomic mass is 9.88. The van der Waals surface area contributed by atoms with Crippen molar-refractivity contribution in [3.05, 3.63) is 29.6 Å². The molecule has 1 aromatic carbocycles. The number of benzene rings is 1. The van der Waals surface area contributed by atoms with Gasteiger partial charge in [0.15, 0.2) is 0 Å². The molecule has 19 heavy (non-hydrogen) atoms. The van der Waals surface area contributed by atoms with E-state index in [9.17, 15) is 9.50 Å². The number of hydrogen-bond donors (Lipinski definition) is 2. The van der Waals surface area contributed by atoms with Crippen molar-refractivity contribution < 1.29 is 19.0 Å². The number of ether oxygens (including phenoxy) is 2. The number of methoxy groups -OCH3 is 1. The summed E-state index contributed by atoms with van der Waals surface area (Å²) in [6.45, 7) is 3.59. The maximum atomic E-state index is 14.0. The van der Waals surface area contributed by atoms with Crippen LogP contribution in [0.25, 0.3) is 0 Å². The molecule has 2 atom stereocenters. The van der Waals surface area contributed by atoms with E-state index in [-0.39, 0.29) is 11.6 Å². The molecule has 0 saturated carbocycles. The van der Waals surface area contributed by atoms with Gasteiger partial charge in [-0.1, -0.05) is 0 Å². The van der Waals surface area contributed by atoms with Crippen LogP contribution >= 0.6 is 0 Å². The predicted molar refractivity (Wildman–Crippen MR) is 69.7 cm³/mol. The van der Waals surface area contributed by atoms with E-state index in [1.54, 1.807) is 19.1 Å². The van der Waals surface area contributed by atoms with Crippen LogP contribution in [0.1, 0.15) is 18.9 Å². The Morgan fingerprint density at radius 2 is 2.37 bits per heavy atom. The second-order valence-electron chi connectivity index (χ2n) is 5.05. The van der Waals surface area contributed by atoms with Crippen molar-refractivity contribution in [3.63, 3.8) is 0 Å². The van der Waals surface area contributed by atoms with Crippen LogP contribution in [0.2, 0.25) is 0 Å². The topological polar surface area (TPSA) is 50.7 Å². The summed E-state index contributed by atoms with van der Waals surface area (Å²) in [5.41, 5.74) is -0.963. The number of rotatable bonds is 4. The monoisotopic (exact) mass is 269 g/mol. The molecule has 0 aliphatic carbocycles. The molecular weight excluding hydrogens is 249 g/mol. The fraction of sp³-hybridized carbons (Fsp3) is 0.571.